The zero-order valence-electron chi connectivity index (χ0n) is 8.52. The third-order valence-electron chi connectivity index (χ3n) is 2.63. The summed E-state index contributed by atoms with van der Waals surface area (Å²) < 4.78 is 1.02. The fourth-order valence-corrected chi connectivity index (χ4v) is 3.41. The van der Waals surface area contributed by atoms with Crippen LogP contribution in [0.2, 0.25) is 0 Å². The van der Waals surface area contributed by atoms with Crippen LogP contribution in [0.5, 0.6) is 0 Å². The number of rotatable bonds is 5. The van der Waals surface area contributed by atoms with Gasteiger partial charge in [0.05, 0.1) is 9.99 Å². The second-order valence-corrected chi connectivity index (χ2v) is 6.16. The molecular weight excluding hydrogens is 339 g/mol. The maximum atomic E-state index is 10.7. The van der Waals surface area contributed by atoms with Crippen molar-refractivity contribution in [3.8, 4) is 0 Å². The van der Waals surface area contributed by atoms with Crippen LogP contribution in [0.1, 0.15) is 19.3 Å². The third-order valence-corrected chi connectivity index (χ3v) is 5.14. The molecule has 1 aliphatic rings. The molecule has 0 saturated heterocycles. The van der Waals surface area contributed by atoms with Crippen molar-refractivity contribution in [3.63, 3.8) is 0 Å². The Bertz CT molecular complexity index is 410. The summed E-state index contributed by atoms with van der Waals surface area (Å²) in [5.41, 5.74) is 0.0184. The highest BCUT2D eigenvalue weighted by atomic mass is 127. The molecule has 0 radical (unpaired) electrons. The molecule has 1 aromatic rings. The molecular formula is C10H11IN2O2S. The molecule has 16 heavy (non-hydrogen) atoms. The molecule has 4 nitrogen and oxygen atoms in total. The number of aromatic nitrogens is 2. The number of nitrogens with zero attached hydrogens (tertiary/aromatic N) is 2. The Morgan fingerprint density at radius 3 is 2.94 bits per heavy atom. The Morgan fingerprint density at radius 2 is 2.38 bits per heavy atom. The molecule has 2 rings (SSSR count). The SMILES string of the molecule is O=C(O)CC1(CSc2ncncc2I)CC1. The average molecular weight is 350 g/mol. The van der Waals surface area contributed by atoms with Gasteiger partial charge in [-0.25, -0.2) is 9.97 Å². The minimum absolute atomic E-state index is 0.0184. The van der Waals surface area contributed by atoms with Crippen LogP contribution in [0.3, 0.4) is 0 Å². The van der Waals surface area contributed by atoms with Crippen LogP contribution in [0.15, 0.2) is 17.6 Å². The number of hydrogen-bond acceptors (Lipinski definition) is 4. The van der Waals surface area contributed by atoms with Crippen LogP contribution < -0.4 is 0 Å². The molecule has 1 aliphatic carbocycles. The van der Waals surface area contributed by atoms with Crippen molar-refractivity contribution < 1.29 is 9.90 Å². The van der Waals surface area contributed by atoms with Gasteiger partial charge in [-0.3, -0.25) is 4.79 Å². The van der Waals surface area contributed by atoms with Gasteiger partial charge in [0.2, 0.25) is 0 Å². The van der Waals surface area contributed by atoms with Crippen LogP contribution in [-0.2, 0) is 4.79 Å². The van der Waals surface area contributed by atoms with E-state index in [0.717, 1.165) is 27.2 Å². The zero-order valence-corrected chi connectivity index (χ0v) is 11.5. The maximum Gasteiger partial charge on any atom is 0.303 e. The van der Waals surface area contributed by atoms with Crippen molar-refractivity contribution >= 4 is 40.3 Å². The van der Waals surface area contributed by atoms with E-state index in [2.05, 4.69) is 32.6 Å². The number of thioether (sulfide) groups is 1. The first kappa shape index (κ1) is 12.1. The monoisotopic (exact) mass is 350 g/mol. The molecule has 6 heteroatoms. The summed E-state index contributed by atoms with van der Waals surface area (Å²) in [6, 6.07) is 0. The van der Waals surface area contributed by atoms with Gasteiger partial charge in [-0.15, -0.1) is 11.8 Å². The zero-order chi connectivity index (χ0) is 11.6. The van der Waals surface area contributed by atoms with Gasteiger partial charge in [0, 0.05) is 11.9 Å². The van der Waals surface area contributed by atoms with Crippen molar-refractivity contribution in [2.75, 3.05) is 5.75 Å². The molecule has 1 fully saturated rings. The number of hydrogen-bond donors (Lipinski definition) is 1. The van der Waals surface area contributed by atoms with Gasteiger partial charge in [-0.1, -0.05) is 0 Å². The molecule has 0 amide bonds. The lowest BCUT2D eigenvalue weighted by Gasteiger charge is -2.11. The Morgan fingerprint density at radius 1 is 1.62 bits per heavy atom. The van der Waals surface area contributed by atoms with Gasteiger partial charge < -0.3 is 5.11 Å². The normalized spacial score (nSPS) is 17.1. The fraction of sp³-hybridized carbons (Fsp3) is 0.500. The van der Waals surface area contributed by atoms with Gasteiger partial charge in [0.1, 0.15) is 11.4 Å². The quantitative estimate of drug-likeness (QED) is 0.502. The minimum atomic E-state index is -0.699. The minimum Gasteiger partial charge on any atom is -0.481 e. The van der Waals surface area contributed by atoms with Crippen LogP contribution in [0, 0.1) is 8.99 Å². The van der Waals surface area contributed by atoms with E-state index < -0.39 is 5.97 Å². The van der Waals surface area contributed by atoms with Crippen LogP contribution in [0.25, 0.3) is 0 Å². The summed E-state index contributed by atoms with van der Waals surface area (Å²) in [5, 5.41) is 9.76. The molecule has 0 bridgehead atoms. The molecule has 1 aromatic heterocycles. The van der Waals surface area contributed by atoms with Crippen molar-refractivity contribution in [2.24, 2.45) is 5.41 Å². The lowest BCUT2D eigenvalue weighted by molar-refractivity contribution is -0.138. The Hall–Kier alpha value is -0.370. The molecule has 0 unspecified atom stereocenters. The first-order chi connectivity index (χ1) is 7.61. The molecule has 1 heterocycles. The first-order valence-electron chi connectivity index (χ1n) is 4.91. The molecule has 86 valence electrons. The Labute approximate surface area is 111 Å². The Kier molecular flexibility index (Phi) is 3.68. The van der Waals surface area contributed by atoms with E-state index in [-0.39, 0.29) is 11.8 Å². The predicted molar refractivity (Wildman–Crippen MR) is 69.4 cm³/mol. The van der Waals surface area contributed by atoms with Crippen molar-refractivity contribution in [3.05, 3.63) is 16.1 Å². The van der Waals surface area contributed by atoms with Crippen molar-refractivity contribution in [2.45, 2.75) is 24.3 Å². The number of aliphatic carboxylic acids is 1. The van der Waals surface area contributed by atoms with Gasteiger partial charge in [0.25, 0.3) is 0 Å². The summed E-state index contributed by atoms with van der Waals surface area (Å²) in [4.78, 5) is 18.8. The molecule has 1 N–H and O–H groups in total. The molecule has 0 atom stereocenters. The smallest absolute Gasteiger partial charge is 0.303 e. The molecule has 1 saturated carbocycles. The summed E-state index contributed by atoms with van der Waals surface area (Å²) in [6.07, 6.45) is 5.62. The Balaban J connectivity index is 1.93. The van der Waals surface area contributed by atoms with Crippen LogP contribution in [0.4, 0.5) is 0 Å². The fourth-order valence-electron chi connectivity index (χ4n) is 1.50. The maximum absolute atomic E-state index is 10.7. The lowest BCUT2D eigenvalue weighted by Crippen LogP contribution is -2.11. The predicted octanol–water partition coefficient (Wildman–Crippen LogP) is 2.43. The number of carboxylic acid groups (broad SMARTS) is 1. The second kappa shape index (κ2) is 4.87. The molecule has 0 aromatic carbocycles. The van der Waals surface area contributed by atoms with E-state index in [1.54, 1.807) is 18.0 Å². The van der Waals surface area contributed by atoms with Crippen molar-refractivity contribution in [1.29, 1.82) is 0 Å². The summed E-state index contributed by atoms with van der Waals surface area (Å²) in [7, 11) is 0. The number of carboxylic acids is 1. The van der Waals surface area contributed by atoms with E-state index in [1.165, 1.54) is 6.33 Å². The highest BCUT2D eigenvalue weighted by Gasteiger charge is 2.44. The average Bonchev–Trinajstić information content (AvgIpc) is 2.96. The van der Waals surface area contributed by atoms with Crippen LogP contribution in [-0.4, -0.2) is 26.8 Å². The van der Waals surface area contributed by atoms with Gasteiger partial charge in [-0.2, -0.15) is 0 Å². The van der Waals surface area contributed by atoms with Crippen LogP contribution >= 0.6 is 34.4 Å². The van der Waals surface area contributed by atoms with Gasteiger partial charge >= 0.3 is 5.97 Å². The molecule has 0 spiro atoms. The van der Waals surface area contributed by atoms with E-state index in [9.17, 15) is 4.79 Å². The standard InChI is InChI=1S/C10H11IN2O2S/c11-7-4-12-6-13-9(7)16-5-10(1-2-10)3-8(14)15/h4,6H,1-3,5H2,(H,14,15). The lowest BCUT2D eigenvalue weighted by atomic mass is 10.1. The van der Waals surface area contributed by atoms with E-state index in [0.29, 0.717) is 0 Å². The highest BCUT2D eigenvalue weighted by molar-refractivity contribution is 14.1. The third kappa shape index (κ3) is 3.07. The topological polar surface area (TPSA) is 63.1 Å². The van der Waals surface area contributed by atoms with Crippen molar-refractivity contribution in [1.82, 2.24) is 9.97 Å². The molecule has 0 aliphatic heterocycles. The number of carbonyl (C=O) groups is 1. The van der Waals surface area contributed by atoms with E-state index in [4.69, 9.17) is 5.11 Å². The summed E-state index contributed by atoms with van der Waals surface area (Å²) in [5.74, 6) is 0.141. The second-order valence-electron chi connectivity index (χ2n) is 4.04. The first-order valence-corrected chi connectivity index (χ1v) is 6.98. The largest absolute Gasteiger partial charge is 0.481 e. The highest BCUT2D eigenvalue weighted by Crippen LogP contribution is 2.51. The summed E-state index contributed by atoms with van der Waals surface area (Å²) >= 11 is 3.83. The number of halogens is 1. The van der Waals surface area contributed by atoms with E-state index in [1.807, 2.05) is 0 Å². The van der Waals surface area contributed by atoms with Gasteiger partial charge in [0.15, 0.2) is 0 Å². The van der Waals surface area contributed by atoms with E-state index >= 15 is 0 Å². The van der Waals surface area contributed by atoms with Gasteiger partial charge in [-0.05, 0) is 40.8 Å². The summed E-state index contributed by atoms with van der Waals surface area (Å²) in [6.45, 7) is 0.